The van der Waals surface area contributed by atoms with Crippen LogP contribution < -0.4 is 5.32 Å². The highest BCUT2D eigenvalue weighted by atomic mass is 32.2. The Hall–Kier alpha value is -3.38. The summed E-state index contributed by atoms with van der Waals surface area (Å²) in [7, 11) is 0. The molecule has 0 unspecified atom stereocenters. The number of aromatic amines is 1. The second-order valence-corrected chi connectivity index (χ2v) is 8.37. The number of pyridine rings is 1. The number of fused-ring (bicyclic) bond motifs is 1. The maximum atomic E-state index is 12.6. The summed E-state index contributed by atoms with van der Waals surface area (Å²) < 4.78 is 0. The highest BCUT2D eigenvalue weighted by Crippen LogP contribution is 2.33. The molecule has 2 aromatic carbocycles. The van der Waals surface area contributed by atoms with Gasteiger partial charge in [-0.25, -0.2) is 0 Å². The first-order chi connectivity index (χ1) is 14.8. The molecule has 0 atom stereocenters. The molecule has 1 fully saturated rings. The van der Waals surface area contributed by atoms with Crippen molar-refractivity contribution in [1.82, 2.24) is 20.5 Å². The molecule has 0 radical (unpaired) electrons. The number of hydrogen-bond acceptors (Lipinski definition) is 4. The first kappa shape index (κ1) is 18.6. The molecule has 6 heteroatoms. The van der Waals surface area contributed by atoms with Gasteiger partial charge in [-0.15, -0.1) is 0 Å². The van der Waals surface area contributed by atoms with Gasteiger partial charge in [-0.2, -0.15) is 5.10 Å². The van der Waals surface area contributed by atoms with E-state index >= 15 is 0 Å². The molecule has 2 heterocycles. The first-order valence-corrected chi connectivity index (χ1v) is 10.7. The van der Waals surface area contributed by atoms with Crippen LogP contribution in [0.25, 0.3) is 23.1 Å². The van der Waals surface area contributed by atoms with Gasteiger partial charge in [-0.05, 0) is 67.5 Å². The quantitative estimate of drug-likeness (QED) is 0.458. The fraction of sp³-hybridized carbons (Fsp3) is 0.125. The maximum Gasteiger partial charge on any atom is 0.252 e. The Kier molecular flexibility index (Phi) is 5.07. The number of rotatable bonds is 6. The summed E-state index contributed by atoms with van der Waals surface area (Å²) >= 11 is 1.59. The van der Waals surface area contributed by atoms with E-state index in [1.807, 2.05) is 54.6 Å². The predicted octanol–water partition coefficient (Wildman–Crippen LogP) is 5.17. The molecule has 2 N–H and O–H groups in total. The van der Waals surface area contributed by atoms with E-state index in [0.29, 0.717) is 6.04 Å². The molecule has 1 aliphatic carbocycles. The normalized spacial score (nSPS) is 13.7. The number of hydrogen-bond donors (Lipinski definition) is 2. The Labute approximate surface area is 178 Å². The summed E-state index contributed by atoms with van der Waals surface area (Å²) in [5.74, 6) is 0.00478. The minimum atomic E-state index is 0.00478. The zero-order valence-electron chi connectivity index (χ0n) is 16.2. The Morgan fingerprint density at radius 3 is 2.77 bits per heavy atom. The van der Waals surface area contributed by atoms with Gasteiger partial charge in [-0.1, -0.05) is 30.0 Å². The molecule has 5 nitrogen and oxygen atoms in total. The molecule has 0 spiro atoms. The molecule has 5 rings (SSSR count). The molecule has 1 amide bonds. The molecule has 30 heavy (non-hydrogen) atoms. The van der Waals surface area contributed by atoms with Crippen molar-refractivity contribution in [3.05, 3.63) is 83.8 Å². The van der Waals surface area contributed by atoms with Gasteiger partial charge < -0.3 is 5.32 Å². The summed E-state index contributed by atoms with van der Waals surface area (Å²) in [4.78, 5) is 18.9. The van der Waals surface area contributed by atoms with Gasteiger partial charge in [0.15, 0.2) is 0 Å². The Balaban J connectivity index is 1.38. The van der Waals surface area contributed by atoms with Crippen molar-refractivity contribution < 1.29 is 4.79 Å². The molecule has 148 valence electrons. The van der Waals surface area contributed by atoms with Gasteiger partial charge in [0.2, 0.25) is 0 Å². The van der Waals surface area contributed by atoms with Gasteiger partial charge in [0.05, 0.1) is 22.5 Å². The smallest absolute Gasteiger partial charge is 0.252 e. The lowest BCUT2D eigenvalue weighted by Gasteiger charge is -2.09. The van der Waals surface area contributed by atoms with E-state index in [-0.39, 0.29) is 5.91 Å². The third kappa shape index (κ3) is 4.14. The summed E-state index contributed by atoms with van der Waals surface area (Å²) in [6.45, 7) is 0. The Morgan fingerprint density at radius 1 is 1.07 bits per heavy atom. The number of H-pyrrole nitrogens is 1. The molecule has 0 saturated heterocycles. The van der Waals surface area contributed by atoms with Crippen molar-refractivity contribution in [3.8, 4) is 0 Å². The fourth-order valence-electron chi connectivity index (χ4n) is 3.21. The molecule has 0 aliphatic heterocycles. The van der Waals surface area contributed by atoms with Gasteiger partial charge in [0.25, 0.3) is 5.91 Å². The van der Waals surface area contributed by atoms with Crippen LogP contribution >= 0.6 is 11.8 Å². The largest absolute Gasteiger partial charge is 0.349 e. The van der Waals surface area contributed by atoms with E-state index < -0.39 is 0 Å². The fourth-order valence-corrected chi connectivity index (χ4v) is 4.19. The second kappa shape index (κ2) is 8.16. The van der Waals surface area contributed by atoms with Crippen molar-refractivity contribution in [2.75, 3.05) is 0 Å². The maximum absolute atomic E-state index is 12.6. The molecule has 0 bridgehead atoms. The summed E-state index contributed by atoms with van der Waals surface area (Å²) in [5.41, 5.74) is 3.44. The molecule has 4 aromatic rings. The highest BCUT2D eigenvalue weighted by Gasteiger charge is 2.24. The first-order valence-electron chi connectivity index (χ1n) is 9.91. The Morgan fingerprint density at radius 2 is 1.93 bits per heavy atom. The lowest BCUT2D eigenvalue weighted by atomic mass is 10.2. The molecule has 1 aliphatic rings. The number of amides is 1. The van der Waals surface area contributed by atoms with Crippen LogP contribution in [0.5, 0.6) is 0 Å². The number of carbonyl (C=O) groups is 1. The average Bonchev–Trinajstić information content (AvgIpc) is 3.50. The summed E-state index contributed by atoms with van der Waals surface area (Å²) in [5, 5.41) is 11.7. The molecular formula is C24H20N4OS. The molecule has 1 saturated carbocycles. The van der Waals surface area contributed by atoms with E-state index in [4.69, 9.17) is 0 Å². The van der Waals surface area contributed by atoms with E-state index in [9.17, 15) is 4.79 Å². The van der Waals surface area contributed by atoms with Crippen LogP contribution in [0.3, 0.4) is 0 Å². The van der Waals surface area contributed by atoms with Crippen LogP contribution in [-0.4, -0.2) is 27.1 Å². The SMILES string of the molecule is O=C(NC1CC1)c1ccccc1Sc1ccc2c(/C=C/c3ccccn3)n[nH]c2c1. The highest BCUT2D eigenvalue weighted by molar-refractivity contribution is 7.99. The van der Waals surface area contributed by atoms with Crippen LogP contribution in [0.4, 0.5) is 0 Å². The number of carbonyl (C=O) groups excluding carboxylic acids is 1. The van der Waals surface area contributed by atoms with Crippen molar-refractivity contribution in [1.29, 1.82) is 0 Å². The van der Waals surface area contributed by atoms with Crippen molar-refractivity contribution >= 4 is 40.7 Å². The number of nitrogens with one attached hydrogen (secondary N) is 2. The van der Waals surface area contributed by atoms with Crippen molar-refractivity contribution in [2.24, 2.45) is 0 Å². The lowest BCUT2D eigenvalue weighted by Crippen LogP contribution is -2.25. The van der Waals surface area contributed by atoms with Crippen LogP contribution in [0.2, 0.25) is 0 Å². The van der Waals surface area contributed by atoms with Crippen LogP contribution in [-0.2, 0) is 0 Å². The molecule has 2 aromatic heterocycles. The summed E-state index contributed by atoms with van der Waals surface area (Å²) in [6, 6.07) is 20.1. The van der Waals surface area contributed by atoms with Gasteiger partial charge in [-0.3, -0.25) is 14.9 Å². The topological polar surface area (TPSA) is 70.7 Å². The number of benzene rings is 2. The number of nitrogens with zero attached hydrogens (tertiary/aromatic N) is 2. The van der Waals surface area contributed by atoms with Crippen LogP contribution in [0.15, 0.2) is 76.7 Å². The van der Waals surface area contributed by atoms with E-state index in [2.05, 4.69) is 38.7 Å². The van der Waals surface area contributed by atoms with E-state index in [1.54, 1.807) is 18.0 Å². The molecular weight excluding hydrogens is 392 g/mol. The van der Waals surface area contributed by atoms with Crippen molar-refractivity contribution in [3.63, 3.8) is 0 Å². The lowest BCUT2D eigenvalue weighted by molar-refractivity contribution is 0.0948. The average molecular weight is 413 g/mol. The standard InChI is InChI=1S/C24H20N4OS/c29-24(26-17-8-9-17)20-6-1-2-7-23(20)30-18-11-12-19-21(27-28-22(19)15-18)13-10-16-5-3-4-14-25-16/h1-7,10-15,17H,8-9H2,(H,26,29)(H,27,28)/b13-10+. The van der Waals surface area contributed by atoms with E-state index in [0.717, 1.165) is 50.5 Å². The zero-order valence-corrected chi connectivity index (χ0v) is 17.0. The van der Waals surface area contributed by atoms with Crippen LogP contribution in [0.1, 0.15) is 34.6 Å². The Bertz CT molecular complexity index is 1230. The predicted molar refractivity (Wildman–Crippen MR) is 120 cm³/mol. The minimum absolute atomic E-state index is 0.00478. The van der Waals surface area contributed by atoms with Gasteiger partial charge in [0.1, 0.15) is 0 Å². The third-order valence-corrected chi connectivity index (χ3v) is 6.00. The van der Waals surface area contributed by atoms with E-state index in [1.165, 1.54) is 0 Å². The van der Waals surface area contributed by atoms with Crippen LogP contribution in [0, 0.1) is 0 Å². The number of aromatic nitrogens is 3. The monoisotopic (exact) mass is 412 g/mol. The van der Waals surface area contributed by atoms with Gasteiger partial charge in [0, 0.05) is 27.4 Å². The third-order valence-electron chi connectivity index (χ3n) is 4.94. The summed E-state index contributed by atoms with van der Waals surface area (Å²) in [6.07, 6.45) is 7.84. The minimum Gasteiger partial charge on any atom is -0.349 e. The van der Waals surface area contributed by atoms with Gasteiger partial charge >= 0.3 is 0 Å². The second-order valence-electron chi connectivity index (χ2n) is 7.25. The van der Waals surface area contributed by atoms with Crippen molar-refractivity contribution in [2.45, 2.75) is 28.7 Å². The zero-order chi connectivity index (χ0) is 20.3.